The van der Waals surface area contributed by atoms with Crippen molar-refractivity contribution in [2.45, 2.75) is 137 Å². The van der Waals surface area contributed by atoms with E-state index in [-0.39, 0.29) is 33.9 Å². The number of cyclic esters (lactones) is 1. The predicted molar refractivity (Wildman–Crippen MR) is 183 cm³/mol. The molecule has 0 aliphatic carbocycles. The lowest BCUT2D eigenvalue weighted by atomic mass is 9.69. The van der Waals surface area contributed by atoms with E-state index in [4.69, 9.17) is 13.9 Å². The van der Waals surface area contributed by atoms with Gasteiger partial charge in [-0.1, -0.05) is 85.7 Å². The molecule has 5 heteroatoms. The molecular formula is C38H60O4Si. The minimum Gasteiger partial charge on any atom is -0.492 e. The number of esters is 1. The van der Waals surface area contributed by atoms with Gasteiger partial charge in [0.1, 0.15) is 12.4 Å². The number of aryl methyl sites for hydroxylation is 3. The van der Waals surface area contributed by atoms with E-state index in [9.17, 15) is 4.79 Å². The van der Waals surface area contributed by atoms with Crippen LogP contribution in [-0.2, 0) is 25.8 Å². The van der Waals surface area contributed by atoms with Crippen molar-refractivity contribution in [2.75, 3.05) is 13.2 Å². The summed E-state index contributed by atoms with van der Waals surface area (Å²) in [7, 11) is -1.87. The Morgan fingerprint density at radius 2 is 1.53 bits per heavy atom. The molecule has 0 N–H and O–H groups in total. The normalized spacial score (nSPS) is 17.5. The fourth-order valence-electron chi connectivity index (χ4n) is 6.18. The minimum atomic E-state index is -1.87. The number of carbonyl (C=O) groups excluding carboxylic acids is 1. The first-order valence-corrected chi connectivity index (χ1v) is 19.5. The number of carbonyl (C=O) groups is 1. The third kappa shape index (κ3) is 8.33. The lowest BCUT2D eigenvalue weighted by Crippen LogP contribution is -2.47. The molecule has 2 aromatic rings. The van der Waals surface area contributed by atoms with E-state index >= 15 is 0 Å². The molecule has 3 rings (SSSR count). The maximum absolute atomic E-state index is 12.1. The highest BCUT2D eigenvalue weighted by Crippen LogP contribution is 2.42. The molecule has 0 unspecified atom stereocenters. The molecular weight excluding hydrogens is 549 g/mol. The lowest BCUT2D eigenvalue weighted by molar-refractivity contribution is -0.154. The van der Waals surface area contributed by atoms with Gasteiger partial charge in [-0.2, -0.15) is 0 Å². The first-order chi connectivity index (χ1) is 19.9. The van der Waals surface area contributed by atoms with Gasteiger partial charge in [-0.3, -0.25) is 4.79 Å². The van der Waals surface area contributed by atoms with E-state index < -0.39 is 8.32 Å². The van der Waals surface area contributed by atoms with E-state index in [1.807, 2.05) is 0 Å². The Kier molecular flexibility index (Phi) is 11.4. The van der Waals surface area contributed by atoms with Crippen molar-refractivity contribution < 1.29 is 18.7 Å². The fourth-order valence-corrected chi connectivity index (χ4v) is 7.72. The fraction of sp³-hybridized carbons (Fsp3) is 0.658. The molecule has 43 heavy (non-hydrogen) atoms. The summed E-state index contributed by atoms with van der Waals surface area (Å²) in [5, 5.41) is 0.198. The van der Waals surface area contributed by atoms with Crippen LogP contribution in [0.1, 0.15) is 115 Å². The van der Waals surface area contributed by atoms with Crippen molar-refractivity contribution in [3.05, 3.63) is 64.2 Å². The third-order valence-corrected chi connectivity index (χ3v) is 14.9. The van der Waals surface area contributed by atoms with Gasteiger partial charge in [0.15, 0.2) is 8.32 Å². The van der Waals surface area contributed by atoms with Crippen molar-refractivity contribution in [1.29, 1.82) is 0 Å². The molecule has 1 fully saturated rings. The second-order valence-corrected chi connectivity index (χ2v) is 20.3. The first kappa shape index (κ1) is 35.4. The van der Waals surface area contributed by atoms with Crippen molar-refractivity contribution in [3.63, 3.8) is 0 Å². The molecule has 0 aromatic heterocycles. The van der Waals surface area contributed by atoms with Crippen LogP contribution in [-0.4, -0.2) is 33.6 Å². The van der Waals surface area contributed by atoms with Gasteiger partial charge in [-0.05, 0) is 110 Å². The first-order valence-electron chi connectivity index (χ1n) is 16.6. The summed E-state index contributed by atoms with van der Waals surface area (Å²) in [6, 6.07) is 13.8. The quantitative estimate of drug-likeness (QED) is 0.178. The van der Waals surface area contributed by atoms with Crippen molar-refractivity contribution >= 4 is 14.3 Å². The van der Waals surface area contributed by atoms with Crippen LogP contribution in [0.25, 0.3) is 0 Å². The molecule has 1 saturated heterocycles. The summed E-state index contributed by atoms with van der Waals surface area (Å²) in [5.74, 6) is 0.549. The lowest BCUT2D eigenvalue weighted by Gasteiger charge is -2.43. The molecule has 240 valence electrons. The van der Waals surface area contributed by atoms with E-state index in [2.05, 4.69) is 119 Å². The number of rotatable bonds is 12. The number of benzene rings is 2. The van der Waals surface area contributed by atoms with Gasteiger partial charge in [-0.15, -0.1) is 0 Å². The Hall–Kier alpha value is -2.11. The molecule has 4 nitrogen and oxygen atoms in total. The highest BCUT2D eigenvalue weighted by molar-refractivity contribution is 6.74. The van der Waals surface area contributed by atoms with Gasteiger partial charge in [0.05, 0.1) is 18.6 Å². The molecule has 1 aliphatic rings. The molecule has 0 amide bonds. The van der Waals surface area contributed by atoms with E-state index in [0.29, 0.717) is 13.2 Å². The average molecular weight is 609 g/mol. The summed E-state index contributed by atoms with van der Waals surface area (Å²) in [6.07, 6.45) is 6.05. The number of hydrogen-bond acceptors (Lipinski definition) is 4. The van der Waals surface area contributed by atoms with Gasteiger partial charge < -0.3 is 13.9 Å². The summed E-state index contributed by atoms with van der Waals surface area (Å²) < 4.78 is 18.3. The largest absolute Gasteiger partial charge is 0.492 e. The van der Waals surface area contributed by atoms with Gasteiger partial charge in [0.2, 0.25) is 0 Å². The van der Waals surface area contributed by atoms with Crippen LogP contribution in [0.15, 0.2) is 36.4 Å². The molecule has 0 saturated carbocycles. The molecule has 1 aliphatic heterocycles. The second kappa shape index (κ2) is 13.9. The van der Waals surface area contributed by atoms with Crippen molar-refractivity contribution in [3.8, 4) is 5.75 Å². The Balaban J connectivity index is 1.80. The van der Waals surface area contributed by atoms with E-state index in [0.717, 1.165) is 49.8 Å². The molecule has 0 bridgehead atoms. The van der Waals surface area contributed by atoms with Crippen LogP contribution in [0.2, 0.25) is 18.1 Å². The van der Waals surface area contributed by atoms with Crippen LogP contribution in [0, 0.1) is 25.2 Å². The maximum Gasteiger partial charge on any atom is 0.312 e. The van der Waals surface area contributed by atoms with Gasteiger partial charge in [0.25, 0.3) is 0 Å². The summed E-state index contributed by atoms with van der Waals surface area (Å²) in [4.78, 5) is 12.1. The Morgan fingerprint density at radius 1 is 0.930 bits per heavy atom. The van der Waals surface area contributed by atoms with E-state index in [1.54, 1.807) is 0 Å². The van der Waals surface area contributed by atoms with Crippen LogP contribution in [0.3, 0.4) is 0 Å². The number of hydrogen-bond donors (Lipinski definition) is 0. The van der Waals surface area contributed by atoms with Gasteiger partial charge in [-0.25, -0.2) is 0 Å². The summed E-state index contributed by atoms with van der Waals surface area (Å²) in [6.45, 7) is 28.6. The van der Waals surface area contributed by atoms with Crippen LogP contribution in [0.5, 0.6) is 5.75 Å². The maximum atomic E-state index is 12.1. The standard InChI is InChI=1S/C38H60O4Si/c1-13-38(14-2,32-20-21-33(28(4)25-32)41-26-30-16-15-23-40-35(30)39)31-19-17-29(27(3)24-31)18-22-34(36(5,6)7)42-43(11,12)37(8,9)10/h17,19-21,24-25,30,34H,13-16,18,22-23,26H2,1-12H3/t30-,34-/m1/s1. The highest BCUT2D eigenvalue weighted by Gasteiger charge is 2.41. The van der Waals surface area contributed by atoms with Gasteiger partial charge >= 0.3 is 5.97 Å². The van der Waals surface area contributed by atoms with Crippen molar-refractivity contribution in [2.24, 2.45) is 11.3 Å². The smallest absolute Gasteiger partial charge is 0.312 e. The highest BCUT2D eigenvalue weighted by atomic mass is 28.4. The summed E-state index contributed by atoms with van der Waals surface area (Å²) >= 11 is 0. The zero-order valence-corrected chi connectivity index (χ0v) is 30.4. The SMILES string of the molecule is CCC(CC)(c1ccc(CC[C@@H](O[Si](C)(C)C(C)(C)C)C(C)(C)C)c(C)c1)c1ccc(OC[C@H]2CCCOC2=O)c(C)c1. The molecule has 0 spiro atoms. The zero-order chi connectivity index (χ0) is 32.2. The second-order valence-electron chi connectivity index (χ2n) is 15.5. The topological polar surface area (TPSA) is 44.8 Å². The molecule has 1 heterocycles. The Labute approximate surface area is 264 Å². The van der Waals surface area contributed by atoms with Gasteiger partial charge in [0, 0.05) is 5.41 Å². The van der Waals surface area contributed by atoms with Crippen LogP contribution >= 0.6 is 0 Å². The number of ether oxygens (including phenoxy) is 2. The predicted octanol–water partition coefficient (Wildman–Crippen LogP) is 10.1. The third-order valence-electron chi connectivity index (χ3n) is 10.4. The molecule has 2 aromatic carbocycles. The average Bonchev–Trinajstić information content (AvgIpc) is 2.92. The minimum absolute atomic E-state index is 0.0703. The molecule has 2 atom stereocenters. The Bertz CT molecular complexity index is 1230. The van der Waals surface area contributed by atoms with Crippen molar-refractivity contribution in [1.82, 2.24) is 0 Å². The van der Waals surface area contributed by atoms with Crippen LogP contribution < -0.4 is 4.74 Å². The monoisotopic (exact) mass is 608 g/mol. The van der Waals surface area contributed by atoms with E-state index in [1.165, 1.54) is 22.3 Å². The van der Waals surface area contributed by atoms with Crippen LogP contribution in [0.4, 0.5) is 0 Å². The Morgan fingerprint density at radius 3 is 2.05 bits per heavy atom. The summed E-state index contributed by atoms with van der Waals surface area (Å²) in [5.41, 5.74) is 6.61. The zero-order valence-electron chi connectivity index (χ0n) is 29.4. The molecule has 0 radical (unpaired) electrons.